The van der Waals surface area contributed by atoms with Crippen LogP contribution in [0.1, 0.15) is 28.9 Å². The molecule has 2 aliphatic rings. The molecule has 0 unspecified atom stereocenters. The van der Waals surface area contributed by atoms with Gasteiger partial charge in [-0.1, -0.05) is 35.5 Å². The zero-order valence-corrected chi connectivity index (χ0v) is 14.1. The van der Waals surface area contributed by atoms with Gasteiger partial charge >= 0.3 is 6.03 Å². The van der Waals surface area contributed by atoms with Gasteiger partial charge in [0.15, 0.2) is 5.69 Å². The van der Waals surface area contributed by atoms with E-state index in [1.165, 1.54) is 12.3 Å². The molecule has 1 aromatic heterocycles. The number of urea groups is 1. The highest BCUT2D eigenvalue weighted by Crippen LogP contribution is 2.34. The van der Waals surface area contributed by atoms with Gasteiger partial charge in [0.05, 0.1) is 0 Å². The van der Waals surface area contributed by atoms with Gasteiger partial charge < -0.3 is 14.3 Å². The predicted molar refractivity (Wildman–Crippen MR) is 89.9 cm³/mol. The maximum Gasteiger partial charge on any atom is 0.325 e. The molecule has 2 aromatic rings. The normalized spacial score (nSPS) is 19.1. The lowest BCUT2D eigenvalue weighted by atomic mass is 9.85. The van der Waals surface area contributed by atoms with Crippen molar-refractivity contribution in [2.75, 3.05) is 13.1 Å². The Morgan fingerprint density at radius 2 is 1.88 bits per heavy atom. The summed E-state index contributed by atoms with van der Waals surface area (Å²) >= 11 is 0. The first-order chi connectivity index (χ1) is 12.6. The monoisotopic (exact) mass is 354 g/mol. The van der Waals surface area contributed by atoms with Crippen LogP contribution in [0.3, 0.4) is 0 Å². The second-order valence-corrected chi connectivity index (χ2v) is 6.54. The van der Waals surface area contributed by atoms with E-state index in [0.717, 1.165) is 5.56 Å². The fraction of sp³-hybridized carbons (Fsp3) is 0.333. The Balaban J connectivity index is 1.52. The van der Waals surface area contributed by atoms with Crippen LogP contribution in [-0.4, -0.2) is 51.4 Å². The van der Waals surface area contributed by atoms with E-state index >= 15 is 0 Å². The largest absolute Gasteiger partial charge is 0.364 e. The highest BCUT2D eigenvalue weighted by atomic mass is 16.5. The minimum Gasteiger partial charge on any atom is -0.364 e. The van der Waals surface area contributed by atoms with E-state index in [9.17, 15) is 14.4 Å². The molecule has 8 nitrogen and oxygen atoms in total. The van der Waals surface area contributed by atoms with Crippen LogP contribution >= 0.6 is 0 Å². The number of hydrogen-bond donors (Lipinski definition) is 1. The summed E-state index contributed by atoms with van der Waals surface area (Å²) in [6.07, 6.45) is 2.13. The van der Waals surface area contributed by atoms with Crippen molar-refractivity contribution in [2.24, 2.45) is 0 Å². The van der Waals surface area contributed by atoms with Crippen LogP contribution < -0.4 is 5.32 Å². The molecule has 0 saturated carbocycles. The standard InChI is InChI=1S/C18H18N4O4/c23-15(14-6-11-26-20-14)21-9-7-18(8-10-21)16(24)19-17(25)22(18)12-13-4-2-1-3-5-13/h1-6,11H,7-10,12H2,(H,19,24,25). The Morgan fingerprint density at radius 1 is 1.15 bits per heavy atom. The summed E-state index contributed by atoms with van der Waals surface area (Å²) < 4.78 is 4.72. The Labute approximate surface area is 149 Å². The van der Waals surface area contributed by atoms with Crippen LogP contribution in [0.2, 0.25) is 0 Å². The number of carbonyl (C=O) groups excluding carboxylic acids is 3. The van der Waals surface area contributed by atoms with Gasteiger partial charge in [0.2, 0.25) is 0 Å². The van der Waals surface area contributed by atoms with Crippen molar-refractivity contribution in [2.45, 2.75) is 24.9 Å². The van der Waals surface area contributed by atoms with Crippen LogP contribution in [0.25, 0.3) is 0 Å². The van der Waals surface area contributed by atoms with Crippen LogP contribution in [0.15, 0.2) is 47.2 Å². The Morgan fingerprint density at radius 3 is 2.54 bits per heavy atom. The van der Waals surface area contributed by atoms with Gasteiger partial charge in [-0.2, -0.15) is 0 Å². The summed E-state index contributed by atoms with van der Waals surface area (Å²) in [6.45, 7) is 1.10. The van der Waals surface area contributed by atoms with Crippen LogP contribution in [0.5, 0.6) is 0 Å². The average Bonchev–Trinajstić information content (AvgIpc) is 3.27. The first-order valence-corrected chi connectivity index (χ1v) is 8.47. The van der Waals surface area contributed by atoms with Crippen molar-refractivity contribution in [3.05, 3.63) is 53.9 Å². The number of aromatic nitrogens is 1. The van der Waals surface area contributed by atoms with E-state index in [0.29, 0.717) is 32.5 Å². The number of hydrogen-bond acceptors (Lipinski definition) is 5. The number of piperidine rings is 1. The van der Waals surface area contributed by atoms with E-state index in [2.05, 4.69) is 10.5 Å². The molecule has 0 radical (unpaired) electrons. The van der Waals surface area contributed by atoms with E-state index in [-0.39, 0.29) is 23.5 Å². The van der Waals surface area contributed by atoms with Gasteiger partial charge in [0.25, 0.3) is 11.8 Å². The van der Waals surface area contributed by atoms with Gasteiger partial charge in [-0.3, -0.25) is 14.9 Å². The predicted octanol–water partition coefficient (Wildman–Crippen LogP) is 1.40. The quantitative estimate of drug-likeness (QED) is 0.841. The number of nitrogens with zero attached hydrogens (tertiary/aromatic N) is 3. The Kier molecular flexibility index (Phi) is 3.95. The van der Waals surface area contributed by atoms with Crippen molar-refractivity contribution in [3.8, 4) is 0 Å². The lowest BCUT2D eigenvalue weighted by molar-refractivity contribution is -0.129. The molecule has 0 aliphatic carbocycles. The molecule has 8 heteroatoms. The zero-order chi connectivity index (χ0) is 18.1. The number of amides is 4. The molecule has 2 saturated heterocycles. The molecule has 1 N–H and O–H groups in total. The number of benzene rings is 1. The molecule has 4 rings (SSSR count). The fourth-order valence-corrected chi connectivity index (χ4v) is 3.65. The molecule has 0 atom stereocenters. The van der Waals surface area contributed by atoms with Crippen molar-refractivity contribution in [3.63, 3.8) is 0 Å². The van der Waals surface area contributed by atoms with Crippen LogP contribution in [0, 0.1) is 0 Å². The molecular weight excluding hydrogens is 336 g/mol. The van der Waals surface area contributed by atoms with Gasteiger partial charge in [-0.15, -0.1) is 0 Å². The lowest BCUT2D eigenvalue weighted by Gasteiger charge is -2.42. The van der Waals surface area contributed by atoms with Crippen LogP contribution in [-0.2, 0) is 11.3 Å². The first kappa shape index (κ1) is 16.3. The summed E-state index contributed by atoms with van der Waals surface area (Å²) in [5.74, 6) is -0.514. The van der Waals surface area contributed by atoms with Gasteiger partial charge in [-0.25, -0.2) is 4.79 Å². The smallest absolute Gasteiger partial charge is 0.325 e. The second-order valence-electron chi connectivity index (χ2n) is 6.54. The summed E-state index contributed by atoms with van der Waals surface area (Å²) in [4.78, 5) is 40.6. The van der Waals surface area contributed by atoms with E-state index in [1.807, 2.05) is 30.3 Å². The topological polar surface area (TPSA) is 95.7 Å². The Bertz CT molecular complexity index is 826. The molecule has 3 heterocycles. The third kappa shape index (κ3) is 2.63. The average molecular weight is 354 g/mol. The number of likely N-dealkylation sites (tertiary alicyclic amines) is 1. The van der Waals surface area contributed by atoms with Crippen molar-refractivity contribution < 1.29 is 18.9 Å². The molecule has 2 fully saturated rings. The number of imide groups is 1. The first-order valence-electron chi connectivity index (χ1n) is 8.47. The lowest BCUT2D eigenvalue weighted by Crippen LogP contribution is -2.57. The van der Waals surface area contributed by atoms with E-state index in [1.54, 1.807) is 9.80 Å². The SMILES string of the molecule is O=C(c1ccon1)N1CCC2(CC1)C(=O)NC(=O)N2Cc1ccccc1. The minimum absolute atomic E-state index is 0.229. The van der Waals surface area contributed by atoms with Crippen LogP contribution in [0.4, 0.5) is 4.79 Å². The third-order valence-electron chi connectivity index (χ3n) is 5.12. The van der Waals surface area contributed by atoms with Gasteiger partial charge in [0.1, 0.15) is 11.8 Å². The Hall–Kier alpha value is -3.16. The number of carbonyl (C=O) groups is 3. The summed E-state index contributed by atoms with van der Waals surface area (Å²) in [5, 5.41) is 6.10. The maximum atomic E-state index is 12.6. The number of rotatable bonds is 3. The zero-order valence-electron chi connectivity index (χ0n) is 14.1. The molecule has 1 spiro atoms. The number of nitrogens with one attached hydrogen (secondary N) is 1. The second kappa shape index (κ2) is 6.29. The molecule has 0 bridgehead atoms. The highest BCUT2D eigenvalue weighted by molar-refractivity contribution is 6.07. The third-order valence-corrected chi connectivity index (χ3v) is 5.12. The van der Waals surface area contributed by atoms with Crippen molar-refractivity contribution in [1.82, 2.24) is 20.3 Å². The minimum atomic E-state index is -0.909. The van der Waals surface area contributed by atoms with Crippen molar-refractivity contribution in [1.29, 1.82) is 0 Å². The van der Waals surface area contributed by atoms with Crippen molar-refractivity contribution >= 4 is 17.8 Å². The van der Waals surface area contributed by atoms with E-state index in [4.69, 9.17) is 4.52 Å². The summed E-state index contributed by atoms with van der Waals surface area (Å²) in [6, 6.07) is 10.7. The van der Waals surface area contributed by atoms with E-state index < -0.39 is 5.54 Å². The molecule has 4 amide bonds. The highest BCUT2D eigenvalue weighted by Gasteiger charge is 2.54. The molecule has 2 aliphatic heterocycles. The fourth-order valence-electron chi connectivity index (χ4n) is 3.65. The molecular formula is C18H18N4O4. The maximum absolute atomic E-state index is 12.6. The summed E-state index contributed by atoms with van der Waals surface area (Å²) in [7, 11) is 0. The summed E-state index contributed by atoms with van der Waals surface area (Å²) in [5.41, 5.74) is 0.292. The molecule has 134 valence electrons. The molecule has 26 heavy (non-hydrogen) atoms. The van der Waals surface area contributed by atoms with Gasteiger partial charge in [0, 0.05) is 25.7 Å². The van der Waals surface area contributed by atoms with Gasteiger partial charge in [-0.05, 0) is 18.4 Å². The molecule has 1 aromatic carbocycles.